The fourth-order valence-electron chi connectivity index (χ4n) is 1.41. The third kappa shape index (κ3) is 3.28. The van der Waals surface area contributed by atoms with Crippen LogP contribution < -0.4 is 4.74 Å². The van der Waals surface area contributed by atoms with Crippen molar-refractivity contribution in [3.05, 3.63) is 54.6 Å². The van der Waals surface area contributed by atoms with Gasteiger partial charge in [0.25, 0.3) is 16.1 Å². The van der Waals surface area contributed by atoms with Gasteiger partial charge in [-0.1, -0.05) is 22.6 Å². The summed E-state index contributed by atoms with van der Waals surface area (Å²) in [5.74, 6) is 1.13. The normalized spacial score (nSPS) is 10.5. The second-order valence-corrected chi connectivity index (χ2v) is 5.15. The largest absolute Gasteiger partial charge is 0.457 e. The van der Waals surface area contributed by atoms with Gasteiger partial charge in [-0.3, -0.25) is 0 Å². The summed E-state index contributed by atoms with van der Waals surface area (Å²) in [6.45, 7) is 0. The van der Waals surface area contributed by atoms with Gasteiger partial charge in [0.1, 0.15) is 11.5 Å². The van der Waals surface area contributed by atoms with Crippen molar-refractivity contribution in [2.45, 2.75) is 4.90 Å². The first kappa shape index (κ1) is 13.0. The number of nitrogens with zero attached hydrogens (tertiary/aromatic N) is 1. The van der Waals surface area contributed by atoms with E-state index in [9.17, 15) is 13.2 Å². The van der Waals surface area contributed by atoms with Crippen molar-refractivity contribution < 1.29 is 17.9 Å². The third-order valence-corrected chi connectivity index (χ3v) is 3.44. The Balaban J connectivity index is 2.22. The van der Waals surface area contributed by atoms with Crippen molar-refractivity contribution in [1.29, 1.82) is 0 Å². The first-order chi connectivity index (χ1) is 9.12. The lowest BCUT2D eigenvalue weighted by atomic mass is 10.3. The van der Waals surface area contributed by atoms with Gasteiger partial charge in [-0.2, -0.15) is 8.42 Å². The van der Waals surface area contributed by atoms with Crippen LogP contribution in [0, 0.1) is 0 Å². The average molecular weight is 275 g/mol. The number of ether oxygens (including phenoxy) is 1. The highest BCUT2D eigenvalue weighted by Gasteiger charge is 2.12. The first-order valence-corrected chi connectivity index (χ1v) is 6.73. The molecule has 2 rings (SSSR count). The van der Waals surface area contributed by atoms with Crippen LogP contribution in [0.25, 0.3) is 0 Å². The van der Waals surface area contributed by atoms with E-state index < -0.39 is 10.0 Å². The molecule has 0 atom stereocenters. The first-order valence-electron chi connectivity index (χ1n) is 5.29. The Kier molecular flexibility index (Phi) is 3.75. The van der Waals surface area contributed by atoms with Crippen LogP contribution in [0.2, 0.25) is 0 Å². The van der Waals surface area contributed by atoms with Gasteiger partial charge < -0.3 is 4.74 Å². The lowest BCUT2D eigenvalue weighted by Gasteiger charge is -2.05. The molecule has 0 heterocycles. The van der Waals surface area contributed by atoms with E-state index in [-0.39, 0.29) is 4.90 Å². The van der Waals surface area contributed by atoms with Crippen LogP contribution >= 0.6 is 0 Å². The quantitative estimate of drug-likeness (QED) is 0.634. The minimum absolute atomic E-state index is 0.0868. The fourth-order valence-corrected chi connectivity index (χ4v) is 2.09. The fraction of sp³-hybridized carbons (Fsp3) is 0. The number of hydrogen-bond acceptors (Lipinski definition) is 4. The molecule has 0 aliphatic heterocycles. The zero-order valence-electron chi connectivity index (χ0n) is 9.68. The van der Waals surface area contributed by atoms with Gasteiger partial charge in [0.15, 0.2) is 0 Å². The van der Waals surface area contributed by atoms with E-state index in [1.165, 1.54) is 24.3 Å². The molecular formula is C13H9NO4S. The highest BCUT2D eigenvalue weighted by molar-refractivity contribution is 7.90. The molecule has 0 N–H and O–H groups in total. The van der Waals surface area contributed by atoms with Gasteiger partial charge in [0, 0.05) is 0 Å². The van der Waals surface area contributed by atoms with Crippen LogP contribution in [0.15, 0.2) is 63.9 Å². The Labute approximate surface area is 110 Å². The molecule has 0 bridgehead atoms. The van der Waals surface area contributed by atoms with Crippen LogP contribution in [0.4, 0.5) is 0 Å². The summed E-state index contributed by atoms with van der Waals surface area (Å²) in [5.41, 5.74) is 0. The summed E-state index contributed by atoms with van der Waals surface area (Å²) in [5, 5.41) is 0. The molecule has 96 valence electrons. The topological polar surface area (TPSA) is 72.8 Å². The molecule has 0 aromatic heterocycles. The zero-order valence-corrected chi connectivity index (χ0v) is 10.5. The molecule has 0 saturated heterocycles. The summed E-state index contributed by atoms with van der Waals surface area (Å²) in [6.07, 6.45) is 1.02. The Morgan fingerprint density at radius 2 is 1.47 bits per heavy atom. The van der Waals surface area contributed by atoms with E-state index in [1.807, 2.05) is 18.2 Å². The highest BCUT2D eigenvalue weighted by Crippen LogP contribution is 2.22. The zero-order chi connectivity index (χ0) is 13.7. The molecule has 5 nitrogen and oxygen atoms in total. The Morgan fingerprint density at radius 3 is 2.05 bits per heavy atom. The molecule has 0 aliphatic carbocycles. The number of isocyanates is 1. The monoisotopic (exact) mass is 275 g/mol. The molecule has 0 saturated carbocycles. The highest BCUT2D eigenvalue weighted by atomic mass is 32.2. The van der Waals surface area contributed by atoms with E-state index in [1.54, 1.807) is 12.1 Å². The van der Waals surface area contributed by atoms with Gasteiger partial charge in [0.2, 0.25) is 0 Å². The molecule has 0 fully saturated rings. The SMILES string of the molecule is O=C=NS(=O)(=O)c1ccc(Oc2ccccc2)cc1. The van der Waals surface area contributed by atoms with Crippen molar-refractivity contribution in [3.63, 3.8) is 0 Å². The maximum absolute atomic E-state index is 11.4. The van der Waals surface area contributed by atoms with E-state index in [2.05, 4.69) is 4.40 Å². The summed E-state index contributed by atoms with van der Waals surface area (Å²) in [4.78, 5) is 9.92. The second kappa shape index (κ2) is 5.48. The Hall–Kier alpha value is -2.43. The smallest absolute Gasteiger partial charge is 0.292 e. The molecule has 0 radical (unpaired) electrons. The predicted molar refractivity (Wildman–Crippen MR) is 68.3 cm³/mol. The number of benzene rings is 2. The lowest BCUT2D eigenvalue weighted by Crippen LogP contribution is -1.95. The van der Waals surface area contributed by atoms with Gasteiger partial charge >= 0.3 is 0 Å². The number of para-hydroxylation sites is 1. The van der Waals surface area contributed by atoms with Gasteiger partial charge in [-0.25, -0.2) is 4.79 Å². The minimum atomic E-state index is -3.95. The summed E-state index contributed by atoms with van der Waals surface area (Å²) in [7, 11) is -3.95. The maximum atomic E-state index is 11.4. The molecule has 19 heavy (non-hydrogen) atoms. The standard InChI is InChI=1S/C13H9NO4S/c15-10-14-19(16,17)13-8-6-12(7-9-13)18-11-4-2-1-3-5-11/h1-9H. The molecule has 0 aliphatic rings. The molecule has 2 aromatic carbocycles. The Bertz CT molecular complexity index is 702. The van der Waals surface area contributed by atoms with E-state index in [4.69, 9.17) is 4.74 Å². The van der Waals surface area contributed by atoms with Crippen LogP contribution in [-0.2, 0) is 14.8 Å². The van der Waals surface area contributed by atoms with Crippen molar-refractivity contribution >= 4 is 16.1 Å². The average Bonchev–Trinajstić information content (AvgIpc) is 2.40. The number of hydrogen-bond donors (Lipinski definition) is 0. The molecular weight excluding hydrogens is 266 g/mol. The van der Waals surface area contributed by atoms with Crippen molar-refractivity contribution in [1.82, 2.24) is 0 Å². The minimum Gasteiger partial charge on any atom is -0.457 e. The number of carbonyl (C=O) groups excluding carboxylic acids is 1. The maximum Gasteiger partial charge on any atom is 0.292 e. The van der Waals surface area contributed by atoms with Crippen molar-refractivity contribution in [2.75, 3.05) is 0 Å². The van der Waals surface area contributed by atoms with Crippen molar-refractivity contribution in [2.24, 2.45) is 4.40 Å². The van der Waals surface area contributed by atoms with Gasteiger partial charge in [-0.05, 0) is 36.4 Å². The second-order valence-electron chi connectivity index (χ2n) is 3.54. The molecule has 0 unspecified atom stereocenters. The van der Waals surface area contributed by atoms with Crippen LogP contribution in [0.1, 0.15) is 0 Å². The lowest BCUT2D eigenvalue weighted by molar-refractivity contribution is 0.482. The summed E-state index contributed by atoms with van der Waals surface area (Å²) >= 11 is 0. The Morgan fingerprint density at radius 1 is 0.895 bits per heavy atom. The molecule has 0 amide bonds. The molecule has 2 aromatic rings. The van der Waals surface area contributed by atoms with Crippen molar-refractivity contribution in [3.8, 4) is 11.5 Å². The summed E-state index contributed by atoms with van der Waals surface area (Å²) < 4.78 is 31.1. The number of sulfonamides is 1. The summed E-state index contributed by atoms with van der Waals surface area (Å²) in [6, 6.07) is 14.7. The molecule has 6 heteroatoms. The van der Waals surface area contributed by atoms with Gasteiger partial charge in [-0.15, -0.1) is 0 Å². The number of rotatable bonds is 4. The van der Waals surface area contributed by atoms with Gasteiger partial charge in [0.05, 0.1) is 4.90 Å². The van der Waals surface area contributed by atoms with E-state index in [0.29, 0.717) is 11.5 Å². The third-order valence-electron chi connectivity index (χ3n) is 2.26. The molecule has 0 spiro atoms. The van der Waals surface area contributed by atoms with Crippen LogP contribution in [-0.4, -0.2) is 14.5 Å². The van der Waals surface area contributed by atoms with Crippen LogP contribution in [0.3, 0.4) is 0 Å². The van der Waals surface area contributed by atoms with E-state index >= 15 is 0 Å². The predicted octanol–water partition coefficient (Wildman–Crippen LogP) is 2.50. The van der Waals surface area contributed by atoms with Crippen LogP contribution in [0.5, 0.6) is 11.5 Å². The van der Waals surface area contributed by atoms with E-state index in [0.717, 1.165) is 6.08 Å².